The Morgan fingerprint density at radius 2 is 1.58 bits per heavy atom. The molecule has 0 radical (unpaired) electrons. The average Bonchev–Trinajstić information content (AvgIpc) is 2.64. The number of rotatable bonds is 17. The van der Waals surface area contributed by atoms with E-state index in [0.717, 1.165) is 6.08 Å². The van der Waals surface area contributed by atoms with E-state index in [1.807, 2.05) is 0 Å². The molecule has 0 unspecified atom stereocenters. The zero-order valence-corrected chi connectivity index (χ0v) is 14.9. The highest BCUT2D eigenvalue weighted by Gasteiger charge is 2.15. The number of hydrogen-bond acceptors (Lipinski definition) is 8. The van der Waals surface area contributed by atoms with Crippen molar-refractivity contribution in [1.29, 1.82) is 0 Å². The Morgan fingerprint density at radius 1 is 0.962 bits per heavy atom. The van der Waals surface area contributed by atoms with E-state index >= 15 is 0 Å². The molecule has 26 heavy (non-hydrogen) atoms. The van der Waals surface area contributed by atoms with Gasteiger partial charge in [-0.15, -0.1) is 0 Å². The molecule has 0 rings (SSSR count). The second-order valence-corrected chi connectivity index (χ2v) is 4.68. The molecule has 1 N–H and O–H groups in total. The molecule has 0 saturated heterocycles. The van der Waals surface area contributed by atoms with Gasteiger partial charge in [-0.2, -0.15) is 0 Å². The predicted molar refractivity (Wildman–Crippen MR) is 92.9 cm³/mol. The molecule has 0 aliphatic carbocycles. The predicted octanol–water partition coefficient (Wildman–Crippen LogP) is 1.86. The first-order chi connectivity index (χ1) is 12.6. The summed E-state index contributed by atoms with van der Waals surface area (Å²) in [5.41, 5.74) is 0. The van der Waals surface area contributed by atoms with Crippen LogP contribution in [-0.2, 0) is 33.2 Å². The maximum absolute atomic E-state index is 11.8. The summed E-state index contributed by atoms with van der Waals surface area (Å²) in [6.07, 6.45) is 3.54. The van der Waals surface area contributed by atoms with Crippen LogP contribution >= 0.6 is 0 Å². The smallest absolute Gasteiger partial charge is 0.407 e. The van der Waals surface area contributed by atoms with Crippen molar-refractivity contribution in [2.75, 3.05) is 40.0 Å². The topological polar surface area (TPSA) is 102 Å². The van der Waals surface area contributed by atoms with Gasteiger partial charge < -0.3 is 33.7 Å². The maximum atomic E-state index is 11.8. The summed E-state index contributed by atoms with van der Waals surface area (Å²) < 4.78 is 30.1. The van der Waals surface area contributed by atoms with Crippen molar-refractivity contribution in [2.45, 2.75) is 18.9 Å². The Bertz CT molecular complexity index is 411. The third-order valence-corrected chi connectivity index (χ3v) is 2.67. The van der Waals surface area contributed by atoms with Crippen LogP contribution in [0.15, 0.2) is 38.3 Å². The lowest BCUT2D eigenvalue weighted by Crippen LogP contribution is -2.35. The first-order valence-corrected chi connectivity index (χ1v) is 7.98. The minimum absolute atomic E-state index is 0.0163. The fraction of sp³-hybridized carbons (Fsp3) is 0.529. The molecular weight excluding hydrogens is 346 g/mol. The van der Waals surface area contributed by atoms with E-state index < -0.39 is 18.2 Å². The molecule has 9 nitrogen and oxygen atoms in total. The molecule has 1 amide bonds. The summed E-state index contributed by atoms with van der Waals surface area (Å²) in [5.74, 6) is -0.471. The highest BCUT2D eigenvalue weighted by atomic mass is 16.7. The third kappa shape index (κ3) is 15.0. The first-order valence-electron chi connectivity index (χ1n) is 7.98. The molecule has 0 bridgehead atoms. The van der Waals surface area contributed by atoms with Gasteiger partial charge in [0.05, 0.1) is 32.3 Å². The molecule has 0 aromatic carbocycles. The van der Waals surface area contributed by atoms with Crippen molar-refractivity contribution >= 4 is 12.1 Å². The van der Waals surface area contributed by atoms with Crippen LogP contribution in [0.3, 0.4) is 0 Å². The van der Waals surface area contributed by atoms with Crippen LogP contribution < -0.4 is 5.32 Å². The molecule has 9 heteroatoms. The number of carbonyl (C=O) groups excluding carboxylic acids is 2. The molecule has 0 fully saturated rings. The quantitative estimate of drug-likeness (QED) is 0.136. The Morgan fingerprint density at radius 3 is 2.12 bits per heavy atom. The molecule has 0 aliphatic rings. The molecule has 0 atom stereocenters. The zero-order chi connectivity index (χ0) is 19.5. The van der Waals surface area contributed by atoms with E-state index in [9.17, 15) is 9.59 Å². The van der Waals surface area contributed by atoms with Gasteiger partial charge in [-0.1, -0.05) is 19.7 Å². The summed E-state index contributed by atoms with van der Waals surface area (Å²) in [6, 6.07) is 0. The monoisotopic (exact) mass is 373 g/mol. The number of nitrogens with one attached hydrogen (secondary N) is 1. The minimum atomic E-state index is -0.648. The van der Waals surface area contributed by atoms with E-state index in [2.05, 4.69) is 25.1 Å². The van der Waals surface area contributed by atoms with E-state index in [4.69, 9.17) is 28.4 Å². The van der Waals surface area contributed by atoms with Crippen LogP contribution in [0, 0.1) is 0 Å². The van der Waals surface area contributed by atoms with Gasteiger partial charge >= 0.3 is 12.1 Å². The van der Waals surface area contributed by atoms with Crippen molar-refractivity contribution in [3.05, 3.63) is 38.3 Å². The van der Waals surface area contributed by atoms with Crippen LogP contribution in [0.25, 0.3) is 0 Å². The van der Waals surface area contributed by atoms with Gasteiger partial charge in [-0.05, 0) is 12.8 Å². The number of hydrogen-bond donors (Lipinski definition) is 1. The van der Waals surface area contributed by atoms with E-state index in [-0.39, 0.29) is 33.4 Å². The standard InChI is InChI=1S/C17H27NO8/c1-4-16(19)25-10-8-7-9-18-17(20)26-15(11-23-13-21-5-2)12-24-14-22-6-3/h4-6,15H,1-3,7-14H2,(H,18,20). The summed E-state index contributed by atoms with van der Waals surface area (Å²) in [5, 5.41) is 2.59. The summed E-state index contributed by atoms with van der Waals surface area (Å²) in [7, 11) is 0. The number of esters is 1. The minimum Gasteiger partial charge on any atom is -0.476 e. The van der Waals surface area contributed by atoms with Gasteiger partial charge in [0.25, 0.3) is 0 Å². The van der Waals surface area contributed by atoms with Crippen LogP contribution in [0.1, 0.15) is 12.8 Å². The maximum Gasteiger partial charge on any atom is 0.407 e. The SMILES string of the molecule is C=COCOCC(COCOC=C)OC(=O)NCCCCOC(=O)C=C. The number of amides is 1. The van der Waals surface area contributed by atoms with Crippen molar-refractivity contribution < 1.29 is 38.0 Å². The van der Waals surface area contributed by atoms with Gasteiger partial charge in [0.15, 0.2) is 19.7 Å². The van der Waals surface area contributed by atoms with Crippen LogP contribution in [0.5, 0.6) is 0 Å². The van der Waals surface area contributed by atoms with Crippen LogP contribution in [0.2, 0.25) is 0 Å². The lowest BCUT2D eigenvalue weighted by atomic mass is 10.3. The molecule has 0 aromatic rings. The Kier molecular flexibility index (Phi) is 15.6. The molecule has 0 aliphatic heterocycles. The van der Waals surface area contributed by atoms with E-state index in [1.54, 1.807) is 0 Å². The number of alkyl carbamates (subject to hydrolysis) is 1. The molecule has 0 spiro atoms. The average molecular weight is 373 g/mol. The Balaban J connectivity index is 3.97. The summed E-state index contributed by atoms with van der Waals surface area (Å²) >= 11 is 0. The fourth-order valence-electron chi connectivity index (χ4n) is 1.51. The Labute approximate surface area is 153 Å². The van der Waals surface area contributed by atoms with Crippen molar-refractivity contribution in [3.63, 3.8) is 0 Å². The van der Waals surface area contributed by atoms with Crippen molar-refractivity contribution in [2.24, 2.45) is 0 Å². The van der Waals surface area contributed by atoms with Crippen molar-refractivity contribution in [3.8, 4) is 0 Å². The Hall–Kier alpha value is -2.52. The number of carbonyl (C=O) groups is 2. The zero-order valence-electron chi connectivity index (χ0n) is 14.9. The summed E-state index contributed by atoms with van der Waals surface area (Å²) in [6.45, 7) is 10.8. The second kappa shape index (κ2) is 17.3. The van der Waals surface area contributed by atoms with Gasteiger partial charge in [-0.25, -0.2) is 9.59 Å². The van der Waals surface area contributed by atoms with Crippen LogP contribution in [-0.4, -0.2) is 58.1 Å². The second-order valence-electron chi connectivity index (χ2n) is 4.68. The molecular formula is C17H27NO8. The van der Waals surface area contributed by atoms with Gasteiger partial charge in [0.1, 0.15) is 0 Å². The number of ether oxygens (including phenoxy) is 6. The lowest BCUT2D eigenvalue weighted by Gasteiger charge is -2.18. The third-order valence-electron chi connectivity index (χ3n) is 2.67. The molecule has 148 valence electrons. The molecule has 0 heterocycles. The van der Waals surface area contributed by atoms with E-state index in [0.29, 0.717) is 19.4 Å². The van der Waals surface area contributed by atoms with E-state index in [1.165, 1.54) is 12.5 Å². The van der Waals surface area contributed by atoms with Gasteiger partial charge in [0, 0.05) is 12.6 Å². The van der Waals surface area contributed by atoms with Gasteiger partial charge in [0.2, 0.25) is 0 Å². The largest absolute Gasteiger partial charge is 0.476 e. The van der Waals surface area contributed by atoms with Crippen molar-refractivity contribution in [1.82, 2.24) is 5.32 Å². The summed E-state index contributed by atoms with van der Waals surface area (Å²) in [4.78, 5) is 22.6. The molecule has 0 aromatic heterocycles. The highest BCUT2D eigenvalue weighted by Crippen LogP contribution is 1.98. The molecule has 0 saturated carbocycles. The number of unbranched alkanes of at least 4 members (excludes halogenated alkanes) is 1. The first kappa shape index (κ1) is 23.5. The fourth-order valence-corrected chi connectivity index (χ4v) is 1.51. The van der Waals surface area contributed by atoms with Crippen LogP contribution in [0.4, 0.5) is 4.79 Å². The van der Waals surface area contributed by atoms with Gasteiger partial charge in [-0.3, -0.25) is 0 Å². The highest BCUT2D eigenvalue weighted by molar-refractivity contribution is 5.81. The normalized spacial score (nSPS) is 9.88. The lowest BCUT2D eigenvalue weighted by molar-refractivity contribution is -0.137.